The molecule has 1 aromatic carbocycles. The van der Waals surface area contributed by atoms with Crippen molar-refractivity contribution in [3.05, 3.63) is 35.9 Å². The van der Waals surface area contributed by atoms with E-state index in [1.807, 2.05) is 30.3 Å². The Kier molecular flexibility index (Phi) is 6.03. The van der Waals surface area contributed by atoms with Crippen LogP contribution in [0.15, 0.2) is 30.3 Å². The van der Waals surface area contributed by atoms with Gasteiger partial charge in [-0.2, -0.15) is 0 Å². The van der Waals surface area contributed by atoms with Crippen molar-refractivity contribution < 1.29 is 4.79 Å². The van der Waals surface area contributed by atoms with Crippen LogP contribution in [0.3, 0.4) is 0 Å². The maximum absolute atomic E-state index is 11.7. The van der Waals surface area contributed by atoms with Crippen LogP contribution in [0.5, 0.6) is 0 Å². The number of aryl methyl sites for hydroxylation is 1. The van der Waals surface area contributed by atoms with Crippen LogP contribution in [0.25, 0.3) is 0 Å². The lowest BCUT2D eigenvalue weighted by molar-refractivity contribution is -0.121. The number of rotatable bonds is 6. The third-order valence-corrected chi connectivity index (χ3v) is 2.92. The highest BCUT2D eigenvalue weighted by Gasteiger charge is 2.16. The largest absolute Gasteiger partial charge is 0.355 e. The van der Waals surface area contributed by atoms with Gasteiger partial charge in [0.2, 0.25) is 5.91 Å². The van der Waals surface area contributed by atoms with E-state index in [0.29, 0.717) is 13.0 Å². The van der Waals surface area contributed by atoms with E-state index in [4.69, 9.17) is 5.73 Å². The average molecular weight is 262 g/mol. The fourth-order valence-electron chi connectivity index (χ4n) is 2.09. The van der Waals surface area contributed by atoms with Gasteiger partial charge in [-0.05, 0) is 23.8 Å². The fraction of sp³-hybridized carbons (Fsp3) is 0.562. The minimum Gasteiger partial charge on any atom is -0.355 e. The molecular formula is C16H26N2O. The van der Waals surface area contributed by atoms with Crippen molar-refractivity contribution in [1.29, 1.82) is 0 Å². The van der Waals surface area contributed by atoms with Crippen LogP contribution in [0, 0.1) is 5.41 Å². The zero-order valence-electron chi connectivity index (χ0n) is 12.3. The molecule has 1 amide bonds. The summed E-state index contributed by atoms with van der Waals surface area (Å²) in [5, 5.41) is 2.91. The maximum Gasteiger partial charge on any atom is 0.220 e. The van der Waals surface area contributed by atoms with Gasteiger partial charge < -0.3 is 11.1 Å². The van der Waals surface area contributed by atoms with Gasteiger partial charge in [-0.15, -0.1) is 0 Å². The van der Waals surface area contributed by atoms with Crippen LogP contribution in [0.4, 0.5) is 0 Å². The Bertz CT molecular complexity index is 381. The van der Waals surface area contributed by atoms with Crippen molar-refractivity contribution in [2.24, 2.45) is 11.1 Å². The standard InChI is InChI=1S/C16H26N2O/c1-16(2,3)11-14(17)12-18-15(19)10-9-13-7-5-4-6-8-13/h4-8,14H,9-12,17H2,1-3H3,(H,18,19). The number of nitrogens with one attached hydrogen (secondary N) is 1. The number of carbonyl (C=O) groups is 1. The van der Waals surface area contributed by atoms with Crippen molar-refractivity contribution >= 4 is 5.91 Å². The van der Waals surface area contributed by atoms with Gasteiger partial charge in [-0.25, -0.2) is 0 Å². The molecule has 0 radical (unpaired) electrons. The first-order valence-corrected chi connectivity index (χ1v) is 6.93. The average Bonchev–Trinajstić information content (AvgIpc) is 2.33. The Balaban J connectivity index is 2.21. The highest BCUT2D eigenvalue weighted by Crippen LogP contribution is 2.19. The van der Waals surface area contributed by atoms with Gasteiger partial charge in [-0.3, -0.25) is 4.79 Å². The Hall–Kier alpha value is -1.35. The van der Waals surface area contributed by atoms with E-state index in [2.05, 4.69) is 26.1 Å². The topological polar surface area (TPSA) is 55.1 Å². The van der Waals surface area contributed by atoms with Gasteiger partial charge >= 0.3 is 0 Å². The first kappa shape index (κ1) is 15.7. The summed E-state index contributed by atoms with van der Waals surface area (Å²) in [6.07, 6.45) is 2.21. The number of hydrogen-bond donors (Lipinski definition) is 2. The van der Waals surface area contributed by atoms with E-state index in [-0.39, 0.29) is 17.4 Å². The molecule has 1 aromatic rings. The molecule has 0 aliphatic rings. The molecule has 0 heterocycles. The number of amides is 1. The summed E-state index contributed by atoms with van der Waals surface area (Å²) in [5.74, 6) is 0.0770. The molecule has 0 aromatic heterocycles. The second-order valence-corrected chi connectivity index (χ2v) is 6.31. The molecule has 3 N–H and O–H groups in total. The first-order valence-electron chi connectivity index (χ1n) is 6.93. The van der Waals surface area contributed by atoms with Crippen molar-refractivity contribution in [3.8, 4) is 0 Å². The molecule has 106 valence electrons. The van der Waals surface area contributed by atoms with Crippen LogP contribution in [0.1, 0.15) is 39.2 Å². The molecule has 0 saturated carbocycles. The summed E-state index contributed by atoms with van der Waals surface area (Å²) >= 11 is 0. The molecule has 0 fully saturated rings. The smallest absolute Gasteiger partial charge is 0.220 e. The van der Waals surface area contributed by atoms with E-state index in [9.17, 15) is 4.79 Å². The van der Waals surface area contributed by atoms with E-state index in [0.717, 1.165) is 12.8 Å². The van der Waals surface area contributed by atoms with Gasteiger partial charge in [0.15, 0.2) is 0 Å². The lowest BCUT2D eigenvalue weighted by Crippen LogP contribution is -2.39. The third kappa shape index (κ3) is 7.62. The molecular weight excluding hydrogens is 236 g/mol. The normalized spacial score (nSPS) is 13.1. The molecule has 3 nitrogen and oxygen atoms in total. The van der Waals surface area contributed by atoms with E-state index in [1.165, 1.54) is 5.56 Å². The molecule has 0 spiro atoms. The summed E-state index contributed by atoms with van der Waals surface area (Å²) in [6.45, 7) is 7.03. The van der Waals surface area contributed by atoms with Crippen LogP contribution < -0.4 is 11.1 Å². The lowest BCUT2D eigenvalue weighted by Gasteiger charge is -2.23. The zero-order valence-corrected chi connectivity index (χ0v) is 12.3. The number of hydrogen-bond acceptors (Lipinski definition) is 2. The molecule has 19 heavy (non-hydrogen) atoms. The van der Waals surface area contributed by atoms with Crippen molar-refractivity contribution in [3.63, 3.8) is 0 Å². The van der Waals surface area contributed by atoms with E-state index < -0.39 is 0 Å². The first-order chi connectivity index (χ1) is 8.87. The summed E-state index contributed by atoms with van der Waals surface area (Å²) in [6, 6.07) is 10.1. The molecule has 0 bridgehead atoms. The molecule has 1 unspecified atom stereocenters. The van der Waals surface area contributed by atoms with E-state index in [1.54, 1.807) is 0 Å². The highest BCUT2D eigenvalue weighted by atomic mass is 16.1. The highest BCUT2D eigenvalue weighted by molar-refractivity contribution is 5.76. The lowest BCUT2D eigenvalue weighted by atomic mass is 9.88. The van der Waals surface area contributed by atoms with Gasteiger partial charge in [-0.1, -0.05) is 51.1 Å². The molecule has 0 saturated heterocycles. The number of carbonyl (C=O) groups excluding carboxylic acids is 1. The van der Waals surface area contributed by atoms with Crippen LogP contribution in [-0.4, -0.2) is 18.5 Å². The zero-order chi connectivity index (χ0) is 14.3. The van der Waals surface area contributed by atoms with Crippen LogP contribution in [-0.2, 0) is 11.2 Å². The summed E-state index contributed by atoms with van der Waals surface area (Å²) in [5.41, 5.74) is 7.39. The second kappa shape index (κ2) is 7.29. The Morgan fingerprint density at radius 2 is 1.89 bits per heavy atom. The van der Waals surface area contributed by atoms with Gasteiger partial charge in [0.1, 0.15) is 0 Å². The SMILES string of the molecule is CC(C)(C)CC(N)CNC(=O)CCc1ccccc1. The summed E-state index contributed by atoms with van der Waals surface area (Å²) in [7, 11) is 0. The van der Waals surface area contributed by atoms with Crippen molar-refractivity contribution in [2.75, 3.05) is 6.54 Å². The molecule has 1 rings (SSSR count). The van der Waals surface area contributed by atoms with Crippen molar-refractivity contribution in [1.82, 2.24) is 5.32 Å². The Morgan fingerprint density at radius 3 is 2.47 bits per heavy atom. The predicted molar refractivity (Wildman–Crippen MR) is 79.8 cm³/mol. The molecule has 1 atom stereocenters. The Labute approximate surface area is 116 Å². The second-order valence-electron chi connectivity index (χ2n) is 6.31. The minimum absolute atomic E-state index is 0.0284. The quantitative estimate of drug-likeness (QED) is 0.827. The molecule has 0 aliphatic heterocycles. The minimum atomic E-state index is 0.0284. The number of benzene rings is 1. The maximum atomic E-state index is 11.7. The summed E-state index contributed by atoms with van der Waals surface area (Å²) in [4.78, 5) is 11.7. The van der Waals surface area contributed by atoms with Gasteiger partial charge in [0.05, 0.1) is 0 Å². The molecule has 0 aliphatic carbocycles. The van der Waals surface area contributed by atoms with Crippen molar-refractivity contribution in [2.45, 2.75) is 46.1 Å². The summed E-state index contributed by atoms with van der Waals surface area (Å²) < 4.78 is 0. The van der Waals surface area contributed by atoms with Gasteiger partial charge in [0, 0.05) is 19.0 Å². The third-order valence-electron chi connectivity index (χ3n) is 2.92. The monoisotopic (exact) mass is 262 g/mol. The predicted octanol–water partition coefficient (Wildman–Crippen LogP) is 2.50. The fourth-order valence-corrected chi connectivity index (χ4v) is 2.09. The van der Waals surface area contributed by atoms with E-state index >= 15 is 0 Å². The van der Waals surface area contributed by atoms with Crippen LogP contribution in [0.2, 0.25) is 0 Å². The Morgan fingerprint density at radius 1 is 1.26 bits per heavy atom. The van der Waals surface area contributed by atoms with Crippen LogP contribution >= 0.6 is 0 Å². The molecule has 3 heteroatoms. The van der Waals surface area contributed by atoms with Gasteiger partial charge in [0.25, 0.3) is 0 Å². The number of nitrogens with two attached hydrogens (primary N) is 1.